The number of carbonyl (C=O) groups is 6. The molecule has 0 N–H and O–H groups in total. The first-order valence-corrected chi connectivity index (χ1v) is 30.4. The molecule has 0 saturated carbocycles. The Bertz CT molecular complexity index is 3160. The predicted molar refractivity (Wildman–Crippen MR) is 323 cm³/mol. The molecule has 3 aromatic rings. The molecule has 0 radical (unpaired) electrons. The zero-order valence-corrected chi connectivity index (χ0v) is 51.2. The Hall–Kier alpha value is -9.21. The van der Waals surface area contributed by atoms with Crippen molar-refractivity contribution in [3.63, 3.8) is 0 Å². The molecule has 3 aromatic carbocycles. The van der Waals surface area contributed by atoms with Gasteiger partial charge in [0.2, 0.25) is 0 Å². The predicted octanol–water partition coefficient (Wildman–Crippen LogP) is 11.0. The van der Waals surface area contributed by atoms with Crippen LogP contribution in [0.25, 0.3) is 0 Å². The summed E-state index contributed by atoms with van der Waals surface area (Å²) in [5.41, 5.74) is -0.381. The molecule has 458 valence electrons. The average molecular weight is 1190 g/mol. The van der Waals surface area contributed by atoms with Crippen LogP contribution in [0.1, 0.15) is 119 Å². The molecule has 0 atom stereocenters. The van der Waals surface area contributed by atoms with Crippen LogP contribution in [-0.4, -0.2) is 110 Å². The van der Waals surface area contributed by atoms with Crippen molar-refractivity contribution < 1.29 is 57.2 Å². The summed E-state index contributed by atoms with van der Waals surface area (Å²) in [5.74, 6) is -7.84. The van der Waals surface area contributed by atoms with Gasteiger partial charge in [0, 0.05) is 56.4 Å². The lowest BCUT2D eigenvalue weighted by Crippen LogP contribution is -2.34. The van der Waals surface area contributed by atoms with Crippen molar-refractivity contribution in [2.24, 2.45) is 22.2 Å². The van der Waals surface area contributed by atoms with Crippen LogP contribution in [-0.2, 0) is 43.0 Å². The van der Waals surface area contributed by atoms with Crippen molar-refractivity contribution >= 4 is 35.8 Å². The number of nitrogens with zero attached hydrogens (tertiary/aromatic N) is 6. The van der Waals surface area contributed by atoms with Crippen LogP contribution in [0, 0.1) is 56.2 Å². The number of carbonyl (C=O) groups excluding carboxylic acids is 6. The van der Waals surface area contributed by atoms with E-state index >= 15 is 14.4 Å². The highest BCUT2D eigenvalue weighted by Crippen LogP contribution is 2.48. The Morgan fingerprint density at radius 3 is 0.852 bits per heavy atom. The van der Waals surface area contributed by atoms with E-state index in [0.29, 0.717) is 75.6 Å². The first-order chi connectivity index (χ1) is 42.2. The summed E-state index contributed by atoms with van der Waals surface area (Å²) in [7, 11) is 0. The van der Waals surface area contributed by atoms with Gasteiger partial charge in [-0.2, -0.15) is 15.8 Å². The van der Waals surface area contributed by atoms with E-state index in [1.807, 2.05) is 41.5 Å². The molecule has 3 fully saturated rings. The lowest BCUT2D eigenvalue weighted by atomic mass is 9.72. The first-order valence-electron chi connectivity index (χ1n) is 30.4. The Balaban J connectivity index is 1.13. The van der Waals surface area contributed by atoms with Crippen LogP contribution in [0.5, 0.6) is 17.2 Å². The molecule has 3 aliphatic carbocycles. The quantitative estimate of drug-likeness (QED) is 0.0287. The fourth-order valence-corrected chi connectivity index (χ4v) is 12.7. The van der Waals surface area contributed by atoms with Crippen LogP contribution in [0.2, 0.25) is 0 Å². The number of likely N-dealkylation sites (tertiary alicyclic amines) is 3. The maximum absolute atomic E-state index is 15.1. The van der Waals surface area contributed by atoms with Gasteiger partial charge in [0.05, 0.1) is 22.6 Å². The van der Waals surface area contributed by atoms with E-state index in [4.69, 9.17) is 28.4 Å². The second-order valence-electron chi connectivity index (χ2n) is 25.8. The summed E-state index contributed by atoms with van der Waals surface area (Å²) >= 11 is 0. The zero-order valence-electron chi connectivity index (χ0n) is 51.2. The highest BCUT2D eigenvalue weighted by atomic mass is 16.6. The van der Waals surface area contributed by atoms with Crippen molar-refractivity contribution in [2.45, 2.75) is 119 Å². The summed E-state index contributed by atoms with van der Waals surface area (Å²) in [5, 5.41) is 32.8. The normalized spacial score (nSPS) is 20.5. The second kappa shape index (κ2) is 27.7. The molecule has 0 amide bonds. The third kappa shape index (κ3) is 15.1. The number of ether oxygens (including phenoxy) is 6. The molecule has 6 aliphatic rings. The molecule has 0 unspecified atom stereocenters. The maximum Gasteiger partial charge on any atom is 0.351 e. The van der Waals surface area contributed by atoms with E-state index in [1.54, 1.807) is 54.6 Å². The third-order valence-corrected chi connectivity index (χ3v) is 16.8. The Kier molecular flexibility index (Phi) is 19.9. The van der Waals surface area contributed by atoms with Gasteiger partial charge in [0.15, 0.2) is 0 Å². The smallest absolute Gasteiger partial charge is 0.351 e. The molecule has 0 aromatic heterocycles. The minimum Gasteiger partial charge on any atom is -0.461 e. The largest absolute Gasteiger partial charge is 0.461 e. The van der Waals surface area contributed by atoms with Crippen LogP contribution in [0.4, 0.5) is 0 Å². The molecule has 18 nitrogen and oxygen atoms in total. The first kappa shape index (κ1) is 63.3. The van der Waals surface area contributed by atoms with Gasteiger partial charge in [0.1, 0.15) is 72.0 Å². The number of hydrogen-bond acceptors (Lipinski definition) is 18. The lowest BCUT2D eigenvalue weighted by molar-refractivity contribution is -0.150. The summed E-state index contributed by atoms with van der Waals surface area (Å²) in [6.07, 6.45) is 7.17. The van der Waals surface area contributed by atoms with Gasteiger partial charge in [-0.3, -0.25) is 0 Å². The summed E-state index contributed by atoms with van der Waals surface area (Å²) in [4.78, 5) is 95.6. The molecular weight excluding hydrogens is 1120 g/mol. The van der Waals surface area contributed by atoms with Gasteiger partial charge in [0.25, 0.3) is 0 Å². The Morgan fingerprint density at radius 1 is 0.386 bits per heavy atom. The minimum absolute atomic E-state index is 0.109. The molecular formula is C70H76N6O12. The monoisotopic (exact) mass is 1190 g/mol. The number of benzene rings is 3. The molecule has 3 heterocycles. The van der Waals surface area contributed by atoms with Gasteiger partial charge in [-0.05, 0) is 146 Å². The van der Waals surface area contributed by atoms with Crippen LogP contribution >= 0.6 is 0 Å². The molecule has 0 bridgehead atoms. The Labute approximate surface area is 514 Å². The number of rotatable bonds is 18. The van der Waals surface area contributed by atoms with E-state index in [2.05, 4.69) is 32.9 Å². The number of nitriles is 3. The number of hydrogen-bond donors (Lipinski definition) is 0. The van der Waals surface area contributed by atoms with E-state index in [0.717, 1.165) is 38.5 Å². The van der Waals surface area contributed by atoms with Gasteiger partial charge in [-0.15, -0.1) is 0 Å². The van der Waals surface area contributed by atoms with Crippen LogP contribution in [0.15, 0.2) is 158 Å². The molecule has 3 aliphatic heterocycles. The topological polar surface area (TPSA) is 239 Å². The summed E-state index contributed by atoms with van der Waals surface area (Å²) in [6.45, 7) is 13.8. The third-order valence-electron chi connectivity index (χ3n) is 16.8. The van der Waals surface area contributed by atoms with E-state index in [9.17, 15) is 30.2 Å². The van der Waals surface area contributed by atoms with Crippen molar-refractivity contribution in [2.75, 3.05) is 59.1 Å². The molecule has 0 spiro atoms. The summed E-state index contributed by atoms with van der Waals surface area (Å²) < 4.78 is 35.8. The number of para-hydroxylation sites is 3. The maximum atomic E-state index is 15.1. The standard InChI is InChI=1S/C70H76N6O12/c1-68(2)34-50(53(40-71)56(37-68)74-28-16-17-29-74)59(65(80)86-47-22-10-7-11-23-47)62(77)83-43-46(44-84-63(78)60(66(81)87-48-24-12-8-13-25-48)51-35-69(3,4)38-57(54(51)41-72)75-30-18-19-31-75)45-85-64(79)61(67(82)88-49-26-14-9-15-27-49)52-36-70(5,6)39-58(55(52)42-73)76-32-20-21-33-76/h7-15,22-27,46H,16-21,28-39,43-45H2,1-6H3/b59-50-,60-51-,61-52-. The number of esters is 6. The lowest BCUT2D eigenvalue weighted by Gasteiger charge is -2.37. The van der Waals surface area contributed by atoms with Gasteiger partial charge < -0.3 is 43.1 Å². The van der Waals surface area contributed by atoms with E-state index in [-0.39, 0.29) is 69.9 Å². The van der Waals surface area contributed by atoms with Crippen molar-refractivity contribution in [3.8, 4) is 35.5 Å². The van der Waals surface area contributed by atoms with E-state index in [1.165, 1.54) is 36.4 Å². The highest BCUT2D eigenvalue weighted by molar-refractivity contribution is 6.17. The second-order valence-corrected chi connectivity index (χ2v) is 25.8. The molecule has 18 heteroatoms. The number of allylic oxidation sites excluding steroid dienone is 9. The highest BCUT2D eigenvalue weighted by Gasteiger charge is 2.43. The van der Waals surface area contributed by atoms with Gasteiger partial charge in [-0.1, -0.05) is 96.1 Å². The van der Waals surface area contributed by atoms with Crippen molar-refractivity contribution in [1.29, 1.82) is 15.8 Å². The van der Waals surface area contributed by atoms with Crippen molar-refractivity contribution in [3.05, 3.63) is 158 Å². The van der Waals surface area contributed by atoms with Crippen LogP contribution in [0.3, 0.4) is 0 Å². The van der Waals surface area contributed by atoms with Gasteiger partial charge in [-0.25, -0.2) is 28.8 Å². The fourth-order valence-electron chi connectivity index (χ4n) is 12.7. The molecule has 3 saturated heterocycles. The molecule has 9 rings (SSSR count). The van der Waals surface area contributed by atoms with Crippen LogP contribution < -0.4 is 14.2 Å². The average Bonchev–Trinajstić information content (AvgIpc) is 1.56. The zero-order chi connectivity index (χ0) is 62.8. The fraction of sp³-hybridized carbons (Fsp3) is 0.443. The van der Waals surface area contributed by atoms with Gasteiger partial charge >= 0.3 is 35.8 Å². The summed E-state index contributed by atoms with van der Waals surface area (Å²) in [6, 6.07) is 31.2. The Morgan fingerprint density at radius 2 is 0.625 bits per heavy atom. The van der Waals surface area contributed by atoms with E-state index < -0.39 is 94.5 Å². The van der Waals surface area contributed by atoms with Crippen molar-refractivity contribution in [1.82, 2.24) is 14.7 Å². The molecule has 88 heavy (non-hydrogen) atoms. The minimum atomic E-state index is -1.32. The SMILES string of the molecule is CC1(C)CC(N2CCCC2)=C(C#N)/C(=C(/C(=O)OCC(COC(=O)/C(C(=O)Oc2ccccc2)=C2\CC(C)(C)CC(N3CCCC3)=C2C#N)COC(=O)/C(C(=O)Oc2ccccc2)=C2\CC(C)(C)CC(N3CCCC3)=C2C#N)C(=O)Oc2ccccc2)C1.